The molecule has 23 heavy (non-hydrogen) atoms. The third-order valence-corrected chi connectivity index (χ3v) is 5.13. The summed E-state index contributed by atoms with van der Waals surface area (Å²) in [6.07, 6.45) is 4.78. The summed E-state index contributed by atoms with van der Waals surface area (Å²) < 4.78 is 25.3. The molecule has 6 heteroatoms. The lowest BCUT2D eigenvalue weighted by Crippen LogP contribution is -2.46. The van der Waals surface area contributed by atoms with Gasteiger partial charge in [-0.1, -0.05) is 38.5 Å². The molecule has 0 heterocycles. The van der Waals surface area contributed by atoms with Crippen LogP contribution in [0.25, 0.3) is 0 Å². The molecular weight excluding hydrogens is 312 g/mol. The fraction of sp³-hybridized carbons (Fsp3) is 0.588. The summed E-state index contributed by atoms with van der Waals surface area (Å²) in [6.45, 7) is 4.36. The Morgan fingerprint density at radius 3 is 2.39 bits per heavy atom. The van der Waals surface area contributed by atoms with Gasteiger partial charge in [0.15, 0.2) is 0 Å². The highest BCUT2D eigenvalue weighted by atomic mass is 32.2. The van der Waals surface area contributed by atoms with Gasteiger partial charge in [-0.3, -0.25) is 9.52 Å². The summed E-state index contributed by atoms with van der Waals surface area (Å²) in [7, 11) is -3.36. The lowest BCUT2D eigenvalue weighted by atomic mass is 9.78. The summed E-state index contributed by atoms with van der Waals surface area (Å²) in [4.78, 5) is 12.4. The fourth-order valence-corrected chi connectivity index (χ4v) is 3.95. The minimum atomic E-state index is -3.36. The standard InChI is InChI=1S/C17H26N2O3S/c1-12-7-6-8-13(2)17(12)18-16(20)11-14-9-4-5-10-15(14)19-23(3,21)22/h4-5,9-10,12-13,17,19H,6-8,11H2,1-3H3,(H,18,20). The van der Waals surface area contributed by atoms with Gasteiger partial charge < -0.3 is 5.32 Å². The molecule has 1 fully saturated rings. The number of carbonyl (C=O) groups excluding carboxylic acids is 1. The number of hydrogen-bond acceptors (Lipinski definition) is 3. The molecule has 0 aromatic heterocycles. The van der Waals surface area contributed by atoms with E-state index in [4.69, 9.17) is 0 Å². The Hall–Kier alpha value is -1.56. The van der Waals surface area contributed by atoms with E-state index in [1.807, 2.05) is 6.07 Å². The smallest absolute Gasteiger partial charge is 0.229 e. The number of nitrogens with one attached hydrogen (secondary N) is 2. The van der Waals surface area contributed by atoms with Crippen molar-refractivity contribution in [3.8, 4) is 0 Å². The minimum absolute atomic E-state index is 0.0571. The quantitative estimate of drug-likeness (QED) is 0.866. The molecule has 1 aliphatic rings. The average molecular weight is 338 g/mol. The van der Waals surface area contributed by atoms with E-state index >= 15 is 0 Å². The summed E-state index contributed by atoms with van der Waals surface area (Å²) >= 11 is 0. The maximum absolute atomic E-state index is 12.4. The molecule has 2 unspecified atom stereocenters. The second-order valence-corrected chi connectivity index (χ2v) is 8.44. The third kappa shape index (κ3) is 5.23. The van der Waals surface area contributed by atoms with Crippen molar-refractivity contribution in [1.82, 2.24) is 5.32 Å². The van der Waals surface area contributed by atoms with E-state index in [0.717, 1.165) is 19.1 Å². The molecule has 1 aromatic carbocycles. The van der Waals surface area contributed by atoms with Gasteiger partial charge in [-0.25, -0.2) is 8.42 Å². The zero-order chi connectivity index (χ0) is 17.0. The summed E-state index contributed by atoms with van der Waals surface area (Å²) in [6, 6.07) is 7.21. The zero-order valence-corrected chi connectivity index (χ0v) is 14.8. The summed E-state index contributed by atoms with van der Waals surface area (Å²) in [5.41, 5.74) is 1.15. The number of amides is 1. The van der Waals surface area contributed by atoms with Crippen LogP contribution in [0.2, 0.25) is 0 Å². The van der Waals surface area contributed by atoms with E-state index in [1.165, 1.54) is 6.42 Å². The normalized spacial score (nSPS) is 24.9. The molecule has 0 bridgehead atoms. The number of sulfonamides is 1. The monoisotopic (exact) mass is 338 g/mol. The van der Waals surface area contributed by atoms with Crippen LogP contribution in [0.3, 0.4) is 0 Å². The van der Waals surface area contributed by atoms with E-state index < -0.39 is 10.0 Å². The number of carbonyl (C=O) groups is 1. The number of benzene rings is 1. The third-order valence-electron chi connectivity index (χ3n) is 4.54. The van der Waals surface area contributed by atoms with Crippen molar-refractivity contribution in [1.29, 1.82) is 0 Å². The summed E-state index contributed by atoms with van der Waals surface area (Å²) in [5.74, 6) is 0.900. The zero-order valence-electron chi connectivity index (χ0n) is 14.0. The van der Waals surface area contributed by atoms with Crippen molar-refractivity contribution in [3.63, 3.8) is 0 Å². The van der Waals surface area contributed by atoms with Crippen LogP contribution in [0, 0.1) is 11.8 Å². The molecule has 2 atom stereocenters. The largest absolute Gasteiger partial charge is 0.353 e. The van der Waals surface area contributed by atoms with Gasteiger partial charge in [0.1, 0.15) is 0 Å². The highest BCUT2D eigenvalue weighted by molar-refractivity contribution is 7.92. The maximum Gasteiger partial charge on any atom is 0.229 e. The Balaban J connectivity index is 2.05. The molecule has 1 amide bonds. The molecule has 0 spiro atoms. The Bertz CT molecular complexity index is 648. The van der Waals surface area contributed by atoms with Gasteiger partial charge in [0.05, 0.1) is 18.4 Å². The predicted octanol–water partition coefficient (Wildman–Crippen LogP) is 2.54. The van der Waals surface area contributed by atoms with Crippen molar-refractivity contribution < 1.29 is 13.2 Å². The second kappa shape index (κ2) is 7.34. The Morgan fingerprint density at radius 1 is 1.17 bits per heavy atom. The lowest BCUT2D eigenvalue weighted by molar-refractivity contribution is -0.122. The minimum Gasteiger partial charge on any atom is -0.353 e. The molecule has 2 rings (SSSR count). The van der Waals surface area contributed by atoms with Gasteiger partial charge in [-0.05, 0) is 36.3 Å². The molecule has 1 saturated carbocycles. The topological polar surface area (TPSA) is 75.3 Å². The average Bonchev–Trinajstić information content (AvgIpc) is 2.44. The number of para-hydroxylation sites is 1. The van der Waals surface area contributed by atoms with E-state index in [9.17, 15) is 13.2 Å². The number of rotatable bonds is 5. The first kappa shape index (κ1) is 17.8. The molecule has 1 aliphatic carbocycles. The van der Waals surface area contributed by atoms with Crippen LogP contribution in [-0.2, 0) is 21.2 Å². The van der Waals surface area contributed by atoms with Crippen LogP contribution in [0.4, 0.5) is 5.69 Å². The van der Waals surface area contributed by atoms with Gasteiger partial charge in [0.25, 0.3) is 0 Å². The molecule has 0 radical (unpaired) electrons. The molecule has 2 N–H and O–H groups in total. The van der Waals surface area contributed by atoms with E-state index in [0.29, 0.717) is 23.1 Å². The molecule has 1 aromatic rings. The van der Waals surface area contributed by atoms with Gasteiger partial charge in [0.2, 0.25) is 15.9 Å². The molecular formula is C17H26N2O3S. The van der Waals surface area contributed by atoms with Crippen LogP contribution in [-0.4, -0.2) is 26.6 Å². The first-order valence-corrected chi connectivity index (χ1v) is 10.0. The lowest BCUT2D eigenvalue weighted by Gasteiger charge is -2.35. The molecule has 0 aliphatic heterocycles. The Labute approximate surface area is 138 Å². The van der Waals surface area contributed by atoms with Gasteiger partial charge >= 0.3 is 0 Å². The fourth-order valence-electron chi connectivity index (χ4n) is 3.35. The van der Waals surface area contributed by atoms with Gasteiger partial charge in [-0.15, -0.1) is 0 Å². The van der Waals surface area contributed by atoms with Crippen LogP contribution >= 0.6 is 0 Å². The Kier molecular flexibility index (Phi) is 5.68. The van der Waals surface area contributed by atoms with E-state index in [1.54, 1.807) is 18.2 Å². The molecule has 0 saturated heterocycles. The van der Waals surface area contributed by atoms with Crippen LogP contribution in [0.1, 0.15) is 38.7 Å². The predicted molar refractivity (Wildman–Crippen MR) is 92.7 cm³/mol. The highest BCUT2D eigenvalue weighted by Crippen LogP contribution is 2.29. The maximum atomic E-state index is 12.4. The summed E-state index contributed by atoms with van der Waals surface area (Å²) in [5, 5.41) is 3.14. The van der Waals surface area contributed by atoms with Crippen molar-refractivity contribution in [2.75, 3.05) is 11.0 Å². The Morgan fingerprint density at radius 2 is 1.78 bits per heavy atom. The van der Waals surface area contributed by atoms with Crippen molar-refractivity contribution in [2.45, 2.75) is 45.6 Å². The van der Waals surface area contributed by atoms with E-state index in [-0.39, 0.29) is 18.4 Å². The SMILES string of the molecule is CC1CCCC(C)C1NC(=O)Cc1ccccc1NS(C)(=O)=O. The van der Waals surface area contributed by atoms with E-state index in [2.05, 4.69) is 23.9 Å². The van der Waals surface area contributed by atoms with Crippen LogP contribution < -0.4 is 10.0 Å². The van der Waals surface area contributed by atoms with Crippen LogP contribution in [0.15, 0.2) is 24.3 Å². The van der Waals surface area contributed by atoms with Crippen LogP contribution in [0.5, 0.6) is 0 Å². The van der Waals surface area contributed by atoms with Crippen molar-refractivity contribution in [2.24, 2.45) is 11.8 Å². The second-order valence-electron chi connectivity index (χ2n) is 6.69. The van der Waals surface area contributed by atoms with Gasteiger partial charge in [-0.2, -0.15) is 0 Å². The molecule has 5 nitrogen and oxygen atoms in total. The number of anilines is 1. The van der Waals surface area contributed by atoms with Crippen molar-refractivity contribution in [3.05, 3.63) is 29.8 Å². The van der Waals surface area contributed by atoms with Gasteiger partial charge in [0, 0.05) is 6.04 Å². The first-order valence-electron chi connectivity index (χ1n) is 8.11. The molecule has 128 valence electrons. The number of hydrogen-bond donors (Lipinski definition) is 2. The highest BCUT2D eigenvalue weighted by Gasteiger charge is 2.28. The van der Waals surface area contributed by atoms with Crippen molar-refractivity contribution >= 4 is 21.6 Å². The first-order chi connectivity index (χ1) is 10.8.